The predicted octanol–water partition coefficient (Wildman–Crippen LogP) is 3.48. The number of carbonyl (C=O) groups is 3. The van der Waals surface area contributed by atoms with Gasteiger partial charge < -0.3 is 10.1 Å². The molecule has 2 aromatic rings. The molecule has 1 N–H and O–H groups in total. The molecular formula is C22H22N2O4S. The van der Waals surface area contributed by atoms with Crippen molar-refractivity contribution in [2.24, 2.45) is 0 Å². The number of hydrogen-bond donors (Lipinski definition) is 1. The Morgan fingerprint density at radius 2 is 1.93 bits per heavy atom. The maximum absolute atomic E-state index is 12.4. The molecule has 1 aliphatic heterocycles. The van der Waals surface area contributed by atoms with Crippen molar-refractivity contribution < 1.29 is 19.1 Å². The first-order valence-corrected chi connectivity index (χ1v) is 10.2. The summed E-state index contributed by atoms with van der Waals surface area (Å²) in [5.74, 6) is -0.0130. The van der Waals surface area contributed by atoms with Crippen LogP contribution in [0, 0.1) is 0 Å². The standard InChI is InChI=1S/C22H22N2O4S/c1-2-16-9-6-10-18(13-16)28-15-20(25)23-11-12-24-21(26)19(29-22(24)27)14-17-7-4-3-5-8-17/h3-10,13-14H,2,11-12,15H2,1H3,(H,23,25)/b19-14-. The van der Waals surface area contributed by atoms with E-state index in [0.717, 1.165) is 34.2 Å². The minimum atomic E-state index is -0.342. The van der Waals surface area contributed by atoms with Gasteiger partial charge in [0.25, 0.3) is 17.1 Å². The van der Waals surface area contributed by atoms with Gasteiger partial charge in [-0.25, -0.2) is 0 Å². The van der Waals surface area contributed by atoms with E-state index in [2.05, 4.69) is 5.32 Å². The van der Waals surface area contributed by atoms with Crippen LogP contribution in [0.4, 0.5) is 4.79 Å². The van der Waals surface area contributed by atoms with Gasteiger partial charge in [-0.15, -0.1) is 0 Å². The molecule has 1 heterocycles. The summed E-state index contributed by atoms with van der Waals surface area (Å²) in [6.07, 6.45) is 2.59. The number of aryl methyl sites for hydroxylation is 1. The Morgan fingerprint density at radius 1 is 1.14 bits per heavy atom. The summed E-state index contributed by atoms with van der Waals surface area (Å²) in [7, 11) is 0. The number of nitrogens with one attached hydrogen (secondary N) is 1. The Balaban J connectivity index is 1.46. The number of thioether (sulfide) groups is 1. The number of amides is 3. The van der Waals surface area contributed by atoms with Crippen LogP contribution in [0.1, 0.15) is 18.1 Å². The third kappa shape index (κ3) is 5.71. The van der Waals surface area contributed by atoms with E-state index in [1.54, 1.807) is 12.1 Å². The van der Waals surface area contributed by atoms with Gasteiger partial charge in [-0.2, -0.15) is 0 Å². The molecule has 0 saturated carbocycles. The van der Waals surface area contributed by atoms with Crippen molar-refractivity contribution in [1.29, 1.82) is 0 Å². The first kappa shape index (κ1) is 20.7. The molecule has 1 saturated heterocycles. The molecule has 3 rings (SSSR count). The number of hydrogen-bond acceptors (Lipinski definition) is 5. The second-order valence-electron chi connectivity index (χ2n) is 6.38. The number of nitrogens with zero attached hydrogens (tertiary/aromatic N) is 1. The Hall–Kier alpha value is -3.06. The second-order valence-corrected chi connectivity index (χ2v) is 7.38. The largest absolute Gasteiger partial charge is 0.484 e. The smallest absolute Gasteiger partial charge is 0.293 e. The van der Waals surface area contributed by atoms with Crippen molar-refractivity contribution in [1.82, 2.24) is 10.2 Å². The van der Waals surface area contributed by atoms with Crippen LogP contribution in [0.25, 0.3) is 6.08 Å². The molecule has 3 amide bonds. The van der Waals surface area contributed by atoms with E-state index >= 15 is 0 Å². The zero-order valence-electron chi connectivity index (χ0n) is 16.1. The fourth-order valence-electron chi connectivity index (χ4n) is 2.76. The van der Waals surface area contributed by atoms with Crippen LogP contribution in [0.2, 0.25) is 0 Å². The van der Waals surface area contributed by atoms with Gasteiger partial charge in [0.1, 0.15) is 5.75 Å². The summed E-state index contributed by atoms with van der Waals surface area (Å²) in [4.78, 5) is 38.1. The third-order valence-electron chi connectivity index (χ3n) is 4.31. The molecule has 0 aliphatic carbocycles. The van der Waals surface area contributed by atoms with Gasteiger partial charge in [0.15, 0.2) is 6.61 Å². The second kappa shape index (κ2) is 9.93. The van der Waals surface area contributed by atoms with Crippen molar-refractivity contribution in [3.8, 4) is 5.75 Å². The van der Waals surface area contributed by atoms with Crippen molar-refractivity contribution in [2.75, 3.05) is 19.7 Å². The summed E-state index contributed by atoms with van der Waals surface area (Å²) in [5.41, 5.74) is 1.99. The van der Waals surface area contributed by atoms with E-state index in [1.807, 2.05) is 55.5 Å². The summed E-state index contributed by atoms with van der Waals surface area (Å²) in [6, 6.07) is 16.9. The molecular weight excluding hydrogens is 388 g/mol. The van der Waals surface area contributed by atoms with Crippen molar-refractivity contribution in [3.63, 3.8) is 0 Å². The van der Waals surface area contributed by atoms with E-state index in [9.17, 15) is 14.4 Å². The van der Waals surface area contributed by atoms with Crippen LogP contribution in [0.3, 0.4) is 0 Å². The molecule has 29 heavy (non-hydrogen) atoms. The van der Waals surface area contributed by atoms with Crippen molar-refractivity contribution in [2.45, 2.75) is 13.3 Å². The van der Waals surface area contributed by atoms with Gasteiger partial charge in [-0.1, -0.05) is 49.4 Å². The average Bonchev–Trinajstić information content (AvgIpc) is 3.00. The van der Waals surface area contributed by atoms with E-state index in [1.165, 1.54) is 0 Å². The molecule has 0 atom stereocenters. The highest BCUT2D eigenvalue weighted by Crippen LogP contribution is 2.31. The fourth-order valence-corrected chi connectivity index (χ4v) is 3.62. The minimum absolute atomic E-state index is 0.119. The summed E-state index contributed by atoms with van der Waals surface area (Å²) in [6.45, 7) is 2.22. The van der Waals surface area contributed by atoms with Crippen LogP contribution in [-0.2, 0) is 16.0 Å². The molecule has 2 aromatic carbocycles. The molecule has 0 aromatic heterocycles. The predicted molar refractivity (Wildman–Crippen MR) is 113 cm³/mol. The number of carbonyl (C=O) groups excluding carboxylic acids is 3. The minimum Gasteiger partial charge on any atom is -0.484 e. The number of imide groups is 1. The lowest BCUT2D eigenvalue weighted by atomic mass is 10.2. The number of benzene rings is 2. The van der Waals surface area contributed by atoms with Gasteiger partial charge in [-0.05, 0) is 47.5 Å². The molecule has 150 valence electrons. The van der Waals surface area contributed by atoms with E-state index < -0.39 is 0 Å². The highest BCUT2D eigenvalue weighted by atomic mass is 32.2. The molecule has 6 nitrogen and oxygen atoms in total. The normalized spacial score (nSPS) is 15.1. The van der Waals surface area contributed by atoms with Crippen LogP contribution in [0.15, 0.2) is 59.5 Å². The monoisotopic (exact) mass is 410 g/mol. The Kier molecular flexibility index (Phi) is 7.08. The van der Waals surface area contributed by atoms with Crippen molar-refractivity contribution in [3.05, 3.63) is 70.6 Å². The lowest BCUT2D eigenvalue weighted by Crippen LogP contribution is -2.38. The molecule has 0 spiro atoms. The maximum Gasteiger partial charge on any atom is 0.293 e. The number of ether oxygens (including phenoxy) is 1. The average molecular weight is 410 g/mol. The SMILES string of the molecule is CCc1cccc(OCC(=O)NCCN2C(=O)S/C(=C\c3ccccc3)C2=O)c1. The first-order chi connectivity index (χ1) is 14.1. The summed E-state index contributed by atoms with van der Waals surface area (Å²) < 4.78 is 5.49. The quantitative estimate of drug-likeness (QED) is 0.675. The fraction of sp³-hybridized carbons (Fsp3) is 0.227. The highest BCUT2D eigenvalue weighted by Gasteiger charge is 2.34. The Labute approximate surface area is 173 Å². The zero-order chi connectivity index (χ0) is 20.6. The highest BCUT2D eigenvalue weighted by molar-refractivity contribution is 8.18. The van der Waals surface area contributed by atoms with Gasteiger partial charge in [0, 0.05) is 13.1 Å². The number of rotatable bonds is 8. The first-order valence-electron chi connectivity index (χ1n) is 9.35. The topological polar surface area (TPSA) is 75.7 Å². The summed E-state index contributed by atoms with van der Waals surface area (Å²) in [5, 5.41) is 2.34. The van der Waals surface area contributed by atoms with Gasteiger partial charge in [0.2, 0.25) is 0 Å². The van der Waals surface area contributed by atoms with Gasteiger partial charge in [0.05, 0.1) is 4.91 Å². The summed E-state index contributed by atoms with van der Waals surface area (Å²) >= 11 is 0.908. The van der Waals surface area contributed by atoms with E-state index in [-0.39, 0.29) is 36.7 Å². The molecule has 1 fully saturated rings. The van der Waals surface area contributed by atoms with Crippen LogP contribution in [-0.4, -0.2) is 41.6 Å². The third-order valence-corrected chi connectivity index (χ3v) is 5.21. The molecule has 1 aliphatic rings. The molecule has 0 unspecified atom stereocenters. The molecule has 7 heteroatoms. The van der Waals surface area contributed by atoms with Gasteiger partial charge in [-0.3, -0.25) is 19.3 Å². The zero-order valence-corrected chi connectivity index (χ0v) is 16.9. The van der Waals surface area contributed by atoms with Gasteiger partial charge >= 0.3 is 0 Å². The van der Waals surface area contributed by atoms with Crippen LogP contribution in [0.5, 0.6) is 5.75 Å². The molecule has 0 bridgehead atoms. The Morgan fingerprint density at radius 3 is 2.69 bits per heavy atom. The van der Waals surface area contributed by atoms with E-state index in [4.69, 9.17) is 4.74 Å². The Bertz CT molecular complexity index is 927. The maximum atomic E-state index is 12.4. The van der Waals surface area contributed by atoms with Crippen LogP contribution >= 0.6 is 11.8 Å². The van der Waals surface area contributed by atoms with Crippen molar-refractivity contribution >= 4 is 34.9 Å². The lowest BCUT2D eigenvalue weighted by Gasteiger charge is -2.13. The van der Waals surface area contributed by atoms with E-state index in [0.29, 0.717) is 10.7 Å². The lowest BCUT2D eigenvalue weighted by molar-refractivity contribution is -0.125. The molecule has 0 radical (unpaired) electrons. The van der Waals surface area contributed by atoms with Crippen LogP contribution < -0.4 is 10.1 Å².